The minimum absolute atomic E-state index is 0.0195. The van der Waals surface area contributed by atoms with Crippen molar-refractivity contribution in [1.82, 2.24) is 9.80 Å². The van der Waals surface area contributed by atoms with Gasteiger partial charge in [-0.05, 0) is 51.7 Å². The quantitative estimate of drug-likeness (QED) is 0.879. The van der Waals surface area contributed by atoms with Gasteiger partial charge in [-0.3, -0.25) is 4.79 Å². The summed E-state index contributed by atoms with van der Waals surface area (Å²) >= 11 is 5.03. The number of halogens is 1. The SMILES string of the molecule is CN(Cc1csc(Br)c1)C(=O)N1CCC(CC(=O)O)CC1. The van der Waals surface area contributed by atoms with Gasteiger partial charge in [0.15, 0.2) is 0 Å². The van der Waals surface area contributed by atoms with Gasteiger partial charge < -0.3 is 14.9 Å². The molecule has 1 fully saturated rings. The fourth-order valence-electron chi connectivity index (χ4n) is 2.59. The highest BCUT2D eigenvalue weighted by Crippen LogP contribution is 2.23. The molecule has 0 unspecified atom stereocenters. The van der Waals surface area contributed by atoms with E-state index in [1.807, 2.05) is 16.3 Å². The lowest BCUT2D eigenvalue weighted by Crippen LogP contribution is -2.45. The van der Waals surface area contributed by atoms with Crippen LogP contribution in [0.5, 0.6) is 0 Å². The Hall–Kier alpha value is -1.08. The van der Waals surface area contributed by atoms with Crippen LogP contribution in [0.15, 0.2) is 15.2 Å². The van der Waals surface area contributed by atoms with Crippen molar-refractivity contribution in [3.63, 3.8) is 0 Å². The van der Waals surface area contributed by atoms with Crippen molar-refractivity contribution in [2.24, 2.45) is 5.92 Å². The molecule has 0 saturated carbocycles. The first-order chi connectivity index (χ1) is 9.95. The number of urea groups is 1. The first-order valence-corrected chi connectivity index (χ1v) is 8.57. The molecule has 21 heavy (non-hydrogen) atoms. The van der Waals surface area contributed by atoms with Crippen LogP contribution in [0.1, 0.15) is 24.8 Å². The lowest BCUT2D eigenvalue weighted by atomic mass is 9.94. The molecule has 2 rings (SSSR count). The molecule has 1 N–H and O–H groups in total. The van der Waals surface area contributed by atoms with Crippen molar-refractivity contribution >= 4 is 39.3 Å². The van der Waals surface area contributed by atoms with E-state index in [9.17, 15) is 9.59 Å². The minimum atomic E-state index is -0.750. The Bertz CT molecular complexity index is 512. The lowest BCUT2D eigenvalue weighted by Gasteiger charge is -2.34. The molecule has 5 nitrogen and oxygen atoms in total. The van der Waals surface area contributed by atoms with E-state index in [0.29, 0.717) is 19.6 Å². The van der Waals surface area contributed by atoms with Crippen LogP contribution in [-0.2, 0) is 11.3 Å². The normalized spacial score (nSPS) is 16.0. The average molecular weight is 375 g/mol. The molecule has 1 saturated heterocycles. The van der Waals surface area contributed by atoms with Crippen LogP contribution in [0.3, 0.4) is 0 Å². The molecule has 116 valence electrons. The summed E-state index contributed by atoms with van der Waals surface area (Å²) in [4.78, 5) is 26.6. The van der Waals surface area contributed by atoms with Gasteiger partial charge in [0.1, 0.15) is 0 Å². The van der Waals surface area contributed by atoms with Crippen molar-refractivity contribution in [3.8, 4) is 0 Å². The van der Waals surface area contributed by atoms with Gasteiger partial charge in [0.25, 0.3) is 0 Å². The van der Waals surface area contributed by atoms with E-state index in [-0.39, 0.29) is 18.4 Å². The number of carbonyl (C=O) groups excluding carboxylic acids is 1. The van der Waals surface area contributed by atoms with Gasteiger partial charge in [0, 0.05) is 33.1 Å². The Balaban J connectivity index is 1.82. The molecule has 1 aliphatic heterocycles. The van der Waals surface area contributed by atoms with E-state index in [0.717, 1.165) is 22.2 Å². The molecule has 0 atom stereocenters. The monoisotopic (exact) mass is 374 g/mol. The molecule has 0 aromatic carbocycles. The Morgan fingerprint density at radius 3 is 2.67 bits per heavy atom. The van der Waals surface area contributed by atoms with Gasteiger partial charge in [-0.2, -0.15) is 0 Å². The number of carbonyl (C=O) groups is 2. The third-order valence-electron chi connectivity index (χ3n) is 3.72. The molecule has 2 heterocycles. The molecule has 1 aromatic heterocycles. The first-order valence-electron chi connectivity index (χ1n) is 6.90. The predicted octanol–water partition coefficient (Wildman–Crippen LogP) is 3.25. The maximum absolute atomic E-state index is 12.4. The number of aliphatic carboxylic acids is 1. The zero-order chi connectivity index (χ0) is 15.4. The number of carboxylic acids is 1. The Morgan fingerprint density at radius 1 is 1.48 bits per heavy atom. The Labute approximate surface area is 136 Å². The maximum atomic E-state index is 12.4. The van der Waals surface area contributed by atoms with Crippen LogP contribution in [0.25, 0.3) is 0 Å². The van der Waals surface area contributed by atoms with Crippen LogP contribution < -0.4 is 0 Å². The zero-order valence-corrected chi connectivity index (χ0v) is 14.3. The van der Waals surface area contributed by atoms with Gasteiger partial charge in [0.2, 0.25) is 0 Å². The molecule has 0 aliphatic carbocycles. The van der Waals surface area contributed by atoms with Crippen LogP contribution in [0, 0.1) is 5.92 Å². The maximum Gasteiger partial charge on any atom is 0.320 e. The standard InChI is InChI=1S/C14H19BrN2O3S/c1-16(8-11-6-12(15)21-9-11)14(20)17-4-2-10(3-5-17)7-13(18)19/h6,9-10H,2-5,7-8H2,1H3,(H,18,19). The number of hydrogen-bond donors (Lipinski definition) is 1. The number of nitrogens with zero attached hydrogens (tertiary/aromatic N) is 2. The summed E-state index contributed by atoms with van der Waals surface area (Å²) in [5, 5.41) is 10.8. The second kappa shape index (κ2) is 7.26. The smallest absolute Gasteiger partial charge is 0.320 e. The number of likely N-dealkylation sites (tertiary alicyclic amines) is 1. The Kier molecular flexibility index (Phi) is 5.64. The van der Waals surface area contributed by atoms with E-state index >= 15 is 0 Å². The van der Waals surface area contributed by atoms with E-state index in [4.69, 9.17) is 5.11 Å². The summed E-state index contributed by atoms with van der Waals surface area (Å²) < 4.78 is 1.06. The van der Waals surface area contributed by atoms with E-state index < -0.39 is 5.97 Å². The first kappa shape index (κ1) is 16.3. The second-order valence-electron chi connectivity index (χ2n) is 5.43. The van der Waals surface area contributed by atoms with Crippen molar-refractivity contribution in [2.75, 3.05) is 20.1 Å². The summed E-state index contributed by atoms with van der Waals surface area (Å²) in [5.74, 6) is -0.551. The molecule has 2 amide bonds. The summed E-state index contributed by atoms with van der Waals surface area (Å²) in [6.45, 7) is 1.89. The molecule has 1 aliphatic rings. The number of amides is 2. The summed E-state index contributed by atoms with van der Waals surface area (Å²) in [6, 6.07) is 2.04. The van der Waals surface area contributed by atoms with Gasteiger partial charge in [-0.15, -0.1) is 11.3 Å². The van der Waals surface area contributed by atoms with Gasteiger partial charge in [-0.25, -0.2) is 4.79 Å². The zero-order valence-electron chi connectivity index (χ0n) is 11.9. The second-order valence-corrected chi connectivity index (χ2v) is 7.72. The summed E-state index contributed by atoms with van der Waals surface area (Å²) in [6.07, 6.45) is 1.76. The van der Waals surface area contributed by atoms with E-state index in [1.54, 1.807) is 23.3 Å². The molecule has 0 spiro atoms. The number of thiophene rings is 1. The van der Waals surface area contributed by atoms with Crippen LogP contribution in [0.4, 0.5) is 4.79 Å². The van der Waals surface area contributed by atoms with E-state index in [2.05, 4.69) is 15.9 Å². The highest BCUT2D eigenvalue weighted by molar-refractivity contribution is 9.11. The highest BCUT2D eigenvalue weighted by atomic mass is 79.9. The van der Waals surface area contributed by atoms with Crippen molar-refractivity contribution in [2.45, 2.75) is 25.8 Å². The van der Waals surface area contributed by atoms with Crippen molar-refractivity contribution in [1.29, 1.82) is 0 Å². The Morgan fingerprint density at radius 2 is 2.14 bits per heavy atom. The lowest BCUT2D eigenvalue weighted by molar-refractivity contribution is -0.138. The number of piperidine rings is 1. The molecular formula is C14H19BrN2O3S. The molecule has 1 aromatic rings. The van der Waals surface area contributed by atoms with Crippen LogP contribution in [-0.4, -0.2) is 47.0 Å². The number of rotatable bonds is 4. The highest BCUT2D eigenvalue weighted by Gasteiger charge is 2.26. The third kappa shape index (κ3) is 4.71. The minimum Gasteiger partial charge on any atom is -0.481 e. The largest absolute Gasteiger partial charge is 0.481 e. The van der Waals surface area contributed by atoms with E-state index in [1.165, 1.54) is 0 Å². The third-order valence-corrected chi connectivity index (χ3v) is 5.27. The van der Waals surface area contributed by atoms with Crippen LogP contribution >= 0.6 is 27.3 Å². The average Bonchev–Trinajstić information content (AvgIpc) is 2.83. The van der Waals surface area contributed by atoms with Gasteiger partial charge in [-0.1, -0.05) is 0 Å². The van der Waals surface area contributed by atoms with Crippen LogP contribution in [0.2, 0.25) is 0 Å². The van der Waals surface area contributed by atoms with Crippen molar-refractivity contribution < 1.29 is 14.7 Å². The van der Waals surface area contributed by atoms with Gasteiger partial charge in [0.05, 0.1) is 3.79 Å². The molecular weight excluding hydrogens is 356 g/mol. The van der Waals surface area contributed by atoms with Crippen molar-refractivity contribution in [3.05, 3.63) is 20.8 Å². The van der Waals surface area contributed by atoms with Gasteiger partial charge >= 0.3 is 12.0 Å². The summed E-state index contributed by atoms with van der Waals surface area (Å²) in [7, 11) is 1.80. The predicted molar refractivity (Wildman–Crippen MR) is 85.4 cm³/mol. The summed E-state index contributed by atoms with van der Waals surface area (Å²) in [5.41, 5.74) is 1.11. The topological polar surface area (TPSA) is 60.9 Å². The number of hydrogen-bond acceptors (Lipinski definition) is 3. The molecule has 7 heteroatoms. The molecule has 0 bridgehead atoms. The fourth-order valence-corrected chi connectivity index (χ4v) is 3.79. The molecule has 0 radical (unpaired) electrons. The number of carboxylic acid groups (broad SMARTS) is 1. The fraction of sp³-hybridized carbons (Fsp3) is 0.571.